The molecule has 0 fully saturated rings. The van der Waals surface area contributed by atoms with Crippen molar-refractivity contribution >= 4 is 55.0 Å². The number of nitrogens with zero attached hydrogens (tertiary/aromatic N) is 3. The van der Waals surface area contributed by atoms with Crippen LogP contribution in [-0.4, -0.2) is 14.5 Å². The number of hydrogen-bond acceptors (Lipinski definition) is 5. The maximum Gasteiger partial charge on any atom is 2.00 e. The van der Waals surface area contributed by atoms with Crippen molar-refractivity contribution in [2.24, 2.45) is 0 Å². The number of benzene rings is 4. The molecule has 0 aliphatic carbocycles. The molecule has 6 nitrogen and oxygen atoms in total. The van der Waals surface area contributed by atoms with Crippen molar-refractivity contribution in [1.29, 1.82) is 0 Å². The minimum absolute atomic E-state index is 0. The Balaban J connectivity index is 0.00000348. The van der Waals surface area contributed by atoms with Gasteiger partial charge in [-0.3, -0.25) is 4.98 Å². The van der Waals surface area contributed by atoms with Gasteiger partial charge in [0, 0.05) is 16.8 Å². The third-order valence-electron chi connectivity index (χ3n) is 9.18. The number of fused-ring (bicyclic) bond motifs is 3. The van der Waals surface area contributed by atoms with E-state index in [-0.39, 0.29) is 31.9 Å². The van der Waals surface area contributed by atoms with Crippen LogP contribution in [0.5, 0.6) is 11.6 Å². The standard InChI is InChI=1S/C42H33N3O3.Pt/c1-41(2,3)25-20-24(30-23-35-38-37-33(47-35)16-11-17-34(37)48-40(38)43-30)21-26(22-25)46-39-29(42(4,5)6)18-19-36(44-39)45-31-14-9-7-12-27(31)28-13-8-10-15-32(28)45;/h7-14,16-20,22-23H,1-6H3;/q-2;+2. The average molecular weight is 823 g/mol. The summed E-state index contributed by atoms with van der Waals surface area (Å²) >= 11 is 0. The molecule has 7 heteroatoms. The van der Waals surface area contributed by atoms with Crippen LogP contribution in [0.1, 0.15) is 52.7 Å². The zero-order valence-corrected chi connectivity index (χ0v) is 30.3. The van der Waals surface area contributed by atoms with Gasteiger partial charge in [-0.05, 0) is 58.3 Å². The van der Waals surface area contributed by atoms with Crippen molar-refractivity contribution < 1.29 is 34.6 Å². The van der Waals surface area contributed by atoms with Crippen LogP contribution >= 0.6 is 0 Å². The van der Waals surface area contributed by atoms with Crippen molar-refractivity contribution in [3.8, 4) is 28.7 Å². The summed E-state index contributed by atoms with van der Waals surface area (Å²) in [7, 11) is 0. The third kappa shape index (κ3) is 5.04. The van der Waals surface area contributed by atoms with Gasteiger partial charge in [0.05, 0.1) is 10.8 Å². The molecule has 0 N–H and O–H groups in total. The SMILES string of the molecule is CC(C)(C)c1cc(Oc2nc(-n3c4[c-]cccc4c4ccccc43)ccc2C(C)(C)C)[c-]c(-c2cc3oc4cccc5oc(n2)c3c45)c1.[Pt+2]. The molecule has 0 unspecified atom stereocenters. The number of rotatable bonds is 4. The Kier molecular flexibility index (Phi) is 7.07. The van der Waals surface area contributed by atoms with E-state index in [9.17, 15) is 0 Å². The van der Waals surface area contributed by atoms with Gasteiger partial charge in [0.15, 0.2) is 0 Å². The summed E-state index contributed by atoms with van der Waals surface area (Å²) in [6, 6.07) is 37.7. The number of pyridine rings is 2. The summed E-state index contributed by atoms with van der Waals surface area (Å²) in [5.41, 5.74) is 8.03. The first-order valence-electron chi connectivity index (χ1n) is 16.2. The fourth-order valence-electron chi connectivity index (χ4n) is 6.73. The Hall–Kier alpha value is -4.93. The molecule has 9 rings (SSSR count). The van der Waals surface area contributed by atoms with E-state index in [2.05, 4.69) is 113 Å². The molecule has 49 heavy (non-hydrogen) atoms. The largest absolute Gasteiger partial charge is 2.00 e. The molecule has 0 aliphatic rings. The van der Waals surface area contributed by atoms with Crippen LogP contribution in [0.3, 0.4) is 0 Å². The van der Waals surface area contributed by atoms with E-state index in [1.54, 1.807) is 0 Å². The smallest absolute Gasteiger partial charge is 0.459 e. The number of aromatic nitrogens is 3. The third-order valence-corrected chi connectivity index (χ3v) is 9.18. The molecule has 4 aromatic carbocycles. The molecule has 0 bridgehead atoms. The topological polar surface area (TPSA) is 66.2 Å². The number of para-hydroxylation sites is 2. The second-order valence-electron chi connectivity index (χ2n) is 14.6. The van der Waals surface area contributed by atoms with E-state index in [1.165, 1.54) is 0 Å². The van der Waals surface area contributed by atoms with Crippen LogP contribution in [0.15, 0.2) is 99.8 Å². The van der Waals surface area contributed by atoms with Gasteiger partial charge in [-0.1, -0.05) is 83.5 Å². The average Bonchev–Trinajstić information content (AvgIpc) is 3.73. The monoisotopic (exact) mass is 822 g/mol. The van der Waals surface area contributed by atoms with E-state index in [1.807, 2.05) is 36.4 Å². The molecular weight excluding hydrogens is 790 g/mol. The summed E-state index contributed by atoms with van der Waals surface area (Å²) in [4.78, 5) is 10.2. The Bertz CT molecular complexity index is 2570. The Morgan fingerprint density at radius 1 is 0.714 bits per heavy atom. The zero-order chi connectivity index (χ0) is 32.9. The molecule has 0 radical (unpaired) electrons. The van der Waals surface area contributed by atoms with Gasteiger partial charge in [-0.2, -0.15) is 29.2 Å². The molecule has 0 aliphatic heterocycles. The number of hydrogen-bond donors (Lipinski definition) is 0. The van der Waals surface area contributed by atoms with E-state index < -0.39 is 0 Å². The molecule has 244 valence electrons. The molecule has 5 heterocycles. The van der Waals surface area contributed by atoms with Crippen molar-refractivity contribution in [2.45, 2.75) is 52.4 Å². The van der Waals surface area contributed by atoms with E-state index in [4.69, 9.17) is 23.5 Å². The van der Waals surface area contributed by atoms with Crippen molar-refractivity contribution in [3.05, 3.63) is 114 Å². The first kappa shape index (κ1) is 31.3. The summed E-state index contributed by atoms with van der Waals surface area (Å²) in [6.07, 6.45) is 0. The molecule has 9 aromatic rings. The zero-order valence-electron chi connectivity index (χ0n) is 28.0. The van der Waals surface area contributed by atoms with Crippen LogP contribution < -0.4 is 4.74 Å². The minimum Gasteiger partial charge on any atom is -0.459 e. The predicted octanol–water partition coefficient (Wildman–Crippen LogP) is 11.3. The van der Waals surface area contributed by atoms with Crippen molar-refractivity contribution in [3.63, 3.8) is 0 Å². The van der Waals surface area contributed by atoms with Crippen LogP contribution in [0.25, 0.3) is 72.1 Å². The summed E-state index contributed by atoms with van der Waals surface area (Å²) in [5, 5.41) is 4.16. The summed E-state index contributed by atoms with van der Waals surface area (Å²) < 4.78 is 21.4. The summed E-state index contributed by atoms with van der Waals surface area (Å²) in [5.74, 6) is 1.85. The van der Waals surface area contributed by atoms with Crippen LogP contribution in [-0.2, 0) is 31.9 Å². The van der Waals surface area contributed by atoms with E-state index in [0.717, 1.165) is 71.8 Å². The first-order valence-corrected chi connectivity index (χ1v) is 16.2. The summed E-state index contributed by atoms with van der Waals surface area (Å²) in [6.45, 7) is 13.1. The molecule has 0 saturated carbocycles. The molecule has 0 atom stereocenters. The molecule has 0 amide bonds. The van der Waals surface area contributed by atoms with Gasteiger partial charge in [0.2, 0.25) is 11.6 Å². The number of ether oxygens (including phenoxy) is 1. The fourth-order valence-corrected chi connectivity index (χ4v) is 6.73. The normalized spacial score (nSPS) is 12.5. The fraction of sp³-hybridized carbons (Fsp3) is 0.190. The quantitative estimate of drug-likeness (QED) is 0.165. The number of furan rings is 2. The van der Waals surface area contributed by atoms with Gasteiger partial charge in [0.1, 0.15) is 22.6 Å². The second kappa shape index (κ2) is 11.0. The van der Waals surface area contributed by atoms with Gasteiger partial charge in [-0.25, -0.2) is 0 Å². The van der Waals surface area contributed by atoms with Crippen LogP contribution in [0, 0.1) is 12.1 Å². The van der Waals surface area contributed by atoms with Crippen LogP contribution in [0.4, 0.5) is 0 Å². The van der Waals surface area contributed by atoms with E-state index >= 15 is 0 Å². The minimum atomic E-state index is -0.230. The molecule has 5 aromatic heterocycles. The van der Waals surface area contributed by atoms with Gasteiger partial charge >= 0.3 is 21.1 Å². The maximum atomic E-state index is 6.81. The van der Waals surface area contributed by atoms with E-state index in [0.29, 0.717) is 23.0 Å². The molecular formula is C42H33N3O3Pt. The van der Waals surface area contributed by atoms with Gasteiger partial charge in [-0.15, -0.1) is 22.6 Å². The molecule has 0 spiro atoms. The van der Waals surface area contributed by atoms with Crippen LogP contribution in [0.2, 0.25) is 0 Å². The Morgan fingerprint density at radius 3 is 2.29 bits per heavy atom. The Labute approximate surface area is 298 Å². The van der Waals surface area contributed by atoms with Gasteiger partial charge in [0.25, 0.3) is 0 Å². The first-order chi connectivity index (χ1) is 23.0. The second-order valence-corrected chi connectivity index (χ2v) is 14.6. The predicted molar refractivity (Wildman–Crippen MR) is 192 cm³/mol. The molecule has 0 saturated heterocycles. The van der Waals surface area contributed by atoms with Crippen molar-refractivity contribution in [2.75, 3.05) is 0 Å². The maximum absolute atomic E-state index is 6.81. The Morgan fingerprint density at radius 2 is 1.49 bits per heavy atom. The van der Waals surface area contributed by atoms with Crippen molar-refractivity contribution in [1.82, 2.24) is 14.5 Å². The van der Waals surface area contributed by atoms with Gasteiger partial charge < -0.3 is 18.1 Å².